The van der Waals surface area contributed by atoms with Gasteiger partial charge in [0.25, 0.3) is 5.91 Å². The molecule has 0 aliphatic rings. The topological polar surface area (TPSA) is 45.7 Å². The Morgan fingerprint density at radius 1 is 1.26 bits per heavy atom. The molecule has 1 amide bonds. The Balaban J connectivity index is 1.72. The predicted octanol–water partition coefficient (Wildman–Crippen LogP) is 2.46. The average molecular weight is 336 g/mol. The second kappa shape index (κ2) is 8.65. The molecule has 0 radical (unpaired) electrons. The van der Waals surface area contributed by atoms with Gasteiger partial charge in [-0.05, 0) is 37.1 Å². The van der Waals surface area contributed by atoms with Crippen molar-refractivity contribution in [3.8, 4) is 0 Å². The van der Waals surface area contributed by atoms with Crippen molar-refractivity contribution in [1.82, 2.24) is 5.32 Å². The highest BCUT2D eigenvalue weighted by molar-refractivity contribution is 6.30. The summed E-state index contributed by atoms with van der Waals surface area (Å²) in [4.78, 5) is 11.9. The van der Waals surface area contributed by atoms with E-state index < -0.39 is 0 Å². The molecule has 0 spiro atoms. The van der Waals surface area contributed by atoms with E-state index in [0.717, 1.165) is 5.56 Å². The third kappa shape index (κ3) is 5.66. The molecule has 1 atom stereocenters. The summed E-state index contributed by atoms with van der Waals surface area (Å²) in [7, 11) is 0. The maximum atomic E-state index is 13.5. The first kappa shape index (κ1) is 17.4. The fourth-order valence-electron chi connectivity index (χ4n) is 2.32. The quantitative estimate of drug-likeness (QED) is 0.802. The summed E-state index contributed by atoms with van der Waals surface area (Å²) in [5.74, 6) is -0.293. The summed E-state index contributed by atoms with van der Waals surface area (Å²) in [5, 5.41) is 5.45. The van der Waals surface area contributed by atoms with Crippen LogP contribution >= 0.6 is 11.6 Å². The molecule has 2 aromatic carbocycles. The van der Waals surface area contributed by atoms with Crippen LogP contribution in [0.15, 0.2) is 48.5 Å². The summed E-state index contributed by atoms with van der Waals surface area (Å²) in [5.41, 5.74) is 1.70. The van der Waals surface area contributed by atoms with Gasteiger partial charge >= 0.3 is 0 Å². The highest BCUT2D eigenvalue weighted by atomic mass is 35.5. The summed E-state index contributed by atoms with van der Waals surface area (Å²) in [6.45, 7) is 2.78. The first-order chi connectivity index (χ1) is 11.1. The van der Waals surface area contributed by atoms with Crippen LogP contribution in [-0.2, 0) is 11.2 Å². The van der Waals surface area contributed by atoms with Crippen molar-refractivity contribution in [3.05, 3.63) is 70.5 Å². The Bertz CT molecular complexity index is 663. The number of benzene rings is 2. The van der Waals surface area contributed by atoms with Gasteiger partial charge in [-0.3, -0.25) is 4.79 Å². The van der Waals surface area contributed by atoms with Crippen molar-refractivity contribution in [2.24, 2.45) is 0 Å². The lowest BCUT2D eigenvalue weighted by Crippen LogP contribution is -2.87. The molecule has 3 N–H and O–H groups in total. The minimum atomic E-state index is -0.233. The highest BCUT2D eigenvalue weighted by Gasteiger charge is 2.11. The molecule has 0 saturated heterocycles. The molecular formula is C18H21ClFN2O+. The van der Waals surface area contributed by atoms with Crippen LogP contribution in [0.25, 0.3) is 0 Å². The Kier molecular flexibility index (Phi) is 6.56. The van der Waals surface area contributed by atoms with Crippen LogP contribution in [0.1, 0.15) is 24.1 Å². The highest BCUT2D eigenvalue weighted by Crippen LogP contribution is 2.14. The molecule has 0 unspecified atom stereocenters. The Morgan fingerprint density at radius 2 is 2.04 bits per heavy atom. The number of hydrogen-bond acceptors (Lipinski definition) is 1. The molecule has 0 saturated carbocycles. The average Bonchev–Trinajstić information content (AvgIpc) is 2.54. The van der Waals surface area contributed by atoms with E-state index in [-0.39, 0.29) is 17.8 Å². The lowest BCUT2D eigenvalue weighted by molar-refractivity contribution is -0.682. The van der Waals surface area contributed by atoms with Gasteiger partial charge in [-0.15, -0.1) is 0 Å². The number of carbonyl (C=O) groups excluding carboxylic acids is 1. The van der Waals surface area contributed by atoms with E-state index in [1.54, 1.807) is 18.2 Å². The summed E-state index contributed by atoms with van der Waals surface area (Å²) >= 11 is 5.97. The standard InChI is InChI=1S/C18H20ClFN2O/c1-13(15-6-4-7-16(19)11-15)22-12-18(23)21-10-9-14-5-2-3-8-17(14)20/h2-8,11,13,22H,9-10,12H2,1H3,(H,21,23)/p+1/t13-/m1/s1. The fourth-order valence-corrected chi connectivity index (χ4v) is 2.52. The van der Waals surface area contributed by atoms with E-state index in [2.05, 4.69) is 5.32 Å². The maximum absolute atomic E-state index is 13.5. The van der Waals surface area contributed by atoms with Gasteiger partial charge in [0.2, 0.25) is 0 Å². The molecule has 122 valence electrons. The van der Waals surface area contributed by atoms with Crippen molar-refractivity contribution >= 4 is 17.5 Å². The van der Waals surface area contributed by atoms with Gasteiger partial charge in [0.05, 0.1) is 0 Å². The van der Waals surface area contributed by atoms with E-state index in [1.807, 2.05) is 36.5 Å². The normalized spacial score (nSPS) is 12.0. The third-order valence-electron chi connectivity index (χ3n) is 3.71. The molecule has 2 aromatic rings. The van der Waals surface area contributed by atoms with E-state index in [0.29, 0.717) is 30.1 Å². The molecular weight excluding hydrogens is 315 g/mol. The molecule has 2 rings (SSSR count). The van der Waals surface area contributed by atoms with Gasteiger partial charge in [0.1, 0.15) is 11.9 Å². The molecule has 0 aliphatic carbocycles. The van der Waals surface area contributed by atoms with Crippen molar-refractivity contribution < 1.29 is 14.5 Å². The van der Waals surface area contributed by atoms with Crippen LogP contribution in [0.2, 0.25) is 5.02 Å². The molecule has 0 aromatic heterocycles. The Morgan fingerprint density at radius 3 is 2.78 bits per heavy atom. The summed E-state index contributed by atoms with van der Waals surface area (Å²) in [6.07, 6.45) is 0.488. The Hall–Kier alpha value is -1.91. The van der Waals surface area contributed by atoms with Gasteiger partial charge in [-0.1, -0.05) is 41.9 Å². The Labute approximate surface area is 140 Å². The zero-order chi connectivity index (χ0) is 16.7. The van der Waals surface area contributed by atoms with Crippen LogP contribution in [0.3, 0.4) is 0 Å². The number of quaternary nitrogens is 1. The number of nitrogens with two attached hydrogens (primary N) is 1. The number of amides is 1. The summed E-state index contributed by atoms with van der Waals surface area (Å²) in [6, 6.07) is 14.4. The maximum Gasteiger partial charge on any atom is 0.275 e. The van der Waals surface area contributed by atoms with Gasteiger partial charge in [-0.2, -0.15) is 0 Å². The van der Waals surface area contributed by atoms with E-state index in [1.165, 1.54) is 6.07 Å². The van der Waals surface area contributed by atoms with E-state index >= 15 is 0 Å². The molecule has 0 aliphatic heterocycles. The van der Waals surface area contributed by atoms with E-state index in [9.17, 15) is 9.18 Å². The zero-order valence-corrected chi connectivity index (χ0v) is 13.8. The minimum absolute atomic E-state index is 0.0600. The SMILES string of the molecule is C[C@@H]([NH2+]CC(=O)NCCc1ccccc1F)c1cccc(Cl)c1. The van der Waals surface area contributed by atoms with Gasteiger partial charge in [0, 0.05) is 17.1 Å². The minimum Gasteiger partial charge on any atom is -0.351 e. The lowest BCUT2D eigenvalue weighted by atomic mass is 10.1. The van der Waals surface area contributed by atoms with Crippen LogP contribution < -0.4 is 10.6 Å². The van der Waals surface area contributed by atoms with Crippen molar-refractivity contribution in [1.29, 1.82) is 0 Å². The number of rotatable bonds is 7. The second-order valence-corrected chi connectivity index (χ2v) is 5.91. The van der Waals surface area contributed by atoms with E-state index in [4.69, 9.17) is 11.6 Å². The molecule has 23 heavy (non-hydrogen) atoms. The number of halogens is 2. The molecule has 0 fully saturated rings. The van der Waals surface area contributed by atoms with Crippen LogP contribution in [-0.4, -0.2) is 19.0 Å². The second-order valence-electron chi connectivity index (χ2n) is 5.47. The molecule has 5 heteroatoms. The molecule has 0 heterocycles. The lowest BCUT2D eigenvalue weighted by Gasteiger charge is -2.11. The van der Waals surface area contributed by atoms with Crippen LogP contribution in [0.4, 0.5) is 4.39 Å². The van der Waals surface area contributed by atoms with Crippen LogP contribution in [0.5, 0.6) is 0 Å². The number of nitrogens with one attached hydrogen (secondary N) is 1. The number of carbonyl (C=O) groups is 1. The van der Waals surface area contributed by atoms with Crippen molar-refractivity contribution in [3.63, 3.8) is 0 Å². The molecule has 0 bridgehead atoms. The zero-order valence-electron chi connectivity index (χ0n) is 13.1. The van der Waals surface area contributed by atoms with Crippen molar-refractivity contribution in [2.45, 2.75) is 19.4 Å². The third-order valence-corrected chi connectivity index (χ3v) is 3.94. The largest absolute Gasteiger partial charge is 0.351 e. The monoisotopic (exact) mass is 335 g/mol. The fraction of sp³-hybridized carbons (Fsp3) is 0.278. The molecule has 3 nitrogen and oxygen atoms in total. The first-order valence-corrected chi connectivity index (χ1v) is 8.03. The predicted molar refractivity (Wildman–Crippen MR) is 89.8 cm³/mol. The number of hydrogen-bond donors (Lipinski definition) is 2. The van der Waals surface area contributed by atoms with Crippen LogP contribution in [0, 0.1) is 5.82 Å². The first-order valence-electron chi connectivity index (χ1n) is 7.65. The summed E-state index contributed by atoms with van der Waals surface area (Å²) < 4.78 is 13.5. The van der Waals surface area contributed by atoms with Gasteiger partial charge in [-0.25, -0.2) is 4.39 Å². The van der Waals surface area contributed by atoms with Crippen molar-refractivity contribution in [2.75, 3.05) is 13.1 Å². The van der Waals surface area contributed by atoms with Gasteiger partial charge in [0.15, 0.2) is 6.54 Å². The van der Waals surface area contributed by atoms with Gasteiger partial charge < -0.3 is 10.6 Å². The smallest absolute Gasteiger partial charge is 0.275 e.